The molecule has 0 radical (unpaired) electrons. The minimum atomic E-state index is -1.35. The van der Waals surface area contributed by atoms with Gasteiger partial charge in [-0.25, -0.2) is 4.21 Å². The van der Waals surface area contributed by atoms with E-state index >= 15 is 0 Å². The number of hydrogen-bond acceptors (Lipinski definition) is 2. The molecule has 1 atom stereocenters. The molecule has 1 N–H and O–H groups in total. The van der Waals surface area contributed by atoms with Crippen LogP contribution in [0.25, 0.3) is 0 Å². The highest BCUT2D eigenvalue weighted by molar-refractivity contribution is 7.84. The van der Waals surface area contributed by atoms with Gasteiger partial charge in [0.05, 0.1) is 10.5 Å². The first-order chi connectivity index (χ1) is 6.59. The van der Waals surface area contributed by atoms with E-state index in [9.17, 15) is 9.00 Å². The van der Waals surface area contributed by atoms with Crippen LogP contribution in [0.1, 0.15) is 35.7 Å². The van der Waals surface area contributed by atoms with Crippen LogP contribution in [-0.2, 0) is 11.0 Å². The Morgan fingerprint density at radius 1 is 1.36 bits per heavy atom. The van der Waals surface area contributed by atoms with Gasteiger partial charge in [0.2, 0.25) is 0 Å². The Hall–Kier alpha value is -1.16. The van der Waals surface area contributed by atoms with Gasteiger partial charge < -0.3 is 0 Å². The Labute approximate surface area is 85.1 Å². The largest absolute Gasteiger partial charge is 0.268 e. The van der Waals surface area contributed by atoms with Crippen molar-refractivity contribution in [3.05, 3.63) is 29.3 Å². The van der Waals surface area contributed by atoms with Crippen LogP contribution >= 0.6 is 0 Å². The molecule has 0 saturated heterocycles. The molecular weight excluding hydrogens is 198 g/mol. The van der Waals surface area contributed by atoms with E-state index in [1.165, 1.54) is 0 Å². The van der Waals surface area contributed by atoms with Crippen molar-refractivity contribution in [3.63, 3.8) is 0 Å². The van der Waals surface area contributed by atoms with Gasteiger partial charge in [0.15, 0.2) is 11.0 Å². The van der Waals surface area contributed by atoms with Crippen LogP contribution in [0.15, 0.2) is 23.1 Å². The summed E-state index contributed by atoms with van der Waals surface area (Å²) in [6.07, 6.45) is 0. The second-order valence-electron chi connectivity index (χ2n) is 3.61. The lowest BCUT2D eigenvalue weighted by Crippen LogP contribution is -2.15. The summed E-state index contributed by atoms with van der Waals surface area (Å²) < 4.78 is 13.8. The standard InChI is InChI=1S/C10H11NO2S/c1-6(2)7-3-4-8-9(5-7)14(13)11-10(8)12/h3-6H,1-2H3,(H,11,12). The Kier molecular flexibility index (Phi) is 2.15. The third-order valence-corrected chi connectivity index (χ3v) is 3.41. The summed E-state index contributed by atoms with van der Waals surface area (Å²) in [7, 11) is -1.35. The molecule has 14 heavy (non-hydrogen) atoms. The number of benzene rings is 1. The molecule has 74 valence electrons. The maximum Gasteiger partial charge on any atom is 0.264 e. The lowest BCUT2D eigenvalue weighted by Gasteiger charge is -2.05. The molecule has 0 spiro atoms. The molecule has 0 saturated carbocycles. The summed E-state index contributed by atoms with van der Waals surface area (Å²) in [5.74, 6) is 0.140. The molecule has 0 aliphatic carbocycles. The first-order valence-corrected chi connectivity index (χ1v) is 5.61. The van der Waals surface area contributed by atoms with Crippen molar-refractivity contribution in [1.82, 2.24) is 4.72 Å². The lowest BCUT2D eigenvalue weighted by molar-refractivity contribution is 0.0986. The van der Waals surface area contributed by atoms with Crippen LogP contribution in [0.2, 0.25) is 0 Å². The van der Waals surface area contributed by atoms with Gasteiger partial charge in [-0.05, 0) is 23.6 Å². The van der Waals surface area contributed by atoms with E-state index < -0.39 is 11.0 Å². The van der Waals surface area contributed by atoms with E-state index in [1.54, 1.807) is 6.07 Å². The van der Waals surface area contributed by atoms with Crippen LogP contribution in [0.4, 0.5) is 0 Å². The summed E-state index contributed by atoms with van der Waals surface area (Å²) in [6.45, 7) is 4.13. The van der Waals surface area contributed by atoms with E-state index in [-0.39, 0.29) is 5.91 Å². The van der Waals surface area contributed by atoms with Crippen molar-refractivity contribution in [2.75, 3.05) is 0 Å². The number of carbonyl (C=O) groups is 1. The summed E-state index contributed by atoms with van der Waals surface area (Å²) in [5, 5.41) is 0. The third kappa shape index (κ3) is 1.35. The molecule has 1 heterocycles. The van der Waals surface area contributed by atoms with Gasteiger partial charge >= 0.3 is 0 Å². The smallest absolute Gasteiger partial charge is 0.264 e. The monoisotopic (exact) mass is 209 g/mol. The molecule has 3 nitrogen and oxygen atoms in total. The second-order valence-corrected chi connectivity index (χ2v) is 4.79. The van der Waals surface area contributed by atoms with Crippen molar-refractivity contribution in [3.8, 4) is 0 Å². The summed E-state index contributed by atoms with van der Waals surface area (Å²) in [4.78, 5) is 11.9. The number of fused-ring (bicyclic) bond motifs is 1. The Bertz CT molecular complexity index is 426. The highest BCUT2D eigenvalue weighted by atomic mass is 32.2. The zero-order valence-electron chi connectivity index (χ0n) is 8.03. The van der Waals surface area contributed by atoms with E-state index in [2.05, 4.69) is 18.6 Å². The number of rotatable bonds is 1. The summed E-state index contributed by atoms with van der Waals surface area (Å²) >= 11 is 0. The first-order valence-electron chi connectivity index (χ1n) is 4.46. The maximum absolute atomic E-state index is 11.4. The number of amides is 1. The fraction of sp³-hybridized carbons (Fsp3) is 0.300. The Balaban J connectivity index is 2.55. The minimum Gasteiger partial charge on any atom is -0.268 e. The molecule has 0 aromatic heterocycles. The molecule has 2 rings (SSSR count). The van der Waals surface area contributed by atoms with Crippen LogP contribution in [0.5, 0.6) is 0 Å². The zero-order valence-corrected chi connectivity index (χ0v) is 8.85. The molecule has 0 bridgehead atoms. The topological polar surface area (TPSA) is 46.2 Å². The number of nitrogens with one attached hydrogen (secondary N) is 1. The average Bonchev–Trinajstić information content (AvgIpc) is 2.42. The lowest BCUT2D eigenvalue weighted by atomic mass is 10.0. The zero-order chi connectivity index (χ0) is 10.3. The van der Waals surface area contributed by atoms with E-state index in [1.807, 2.05) is 12.1 Å². The average molecular weight is 209 g/mol. The van der Waals surface area contributed by atoms with Gasteiger partial charge in [0.1, 0.15) is 0 Å². The third-order valence-electron chi connectivity index (χ3n) is 2.30. The van der Waals surface area contributed by atoms with Crippen molar-refractivity contribution >= 4 is 16.9 Å². The summed E-state index contributed by atoms with van der Waals surface area (Å²) in [5.41, 5.74) is 1.64. The highest BCUT2D eigenvalue weighted by Crippen LogP contribution is 2.24. The van der Waals surface area contributed by atoms with Crippen molar-refractivity contribution in [2.24, 2.45) is 0 Å². The van der Waals surface area contributed by atoms with Crippen LogP contribution in [-0.4, -0.2) is 10.1 Å². The normalized spacial score (nSPS) is 19.6. The molecule has 1 aliphatic rings. The maximum atomic E-state index is 11.4. The molecule has 1 aliphatic heterocycles. The van der Waals surface area contributed by atoms with Gasteiger partial charge in [-0.2, -0.15) is 0 Å². The van der Waals surface area contributed by atoms with Crippen LogP contribution in [0.3, 0.4) is 0 Å². The predicted octanol–water partition coefficient (Wildman–Crippen LogP) is 1.58. The quantitative estimate of drug-likeness (QED) is 0.763. The molecule has 4 heteroatoms. The van der Waals surface area contributed by atoms with Gasteiger partial charge in [0.25, 0.3) is 5.91 Å². The van der Waals surface area contributed by atoms with Crippen LogP contribution < -0.4 is 4.72 Å². The number of carbonyl (C=O) groups excluding carboxylic acids is 1. The molecular formula is C10H11NO2S. The second kappa shape index (κ2) is 3.20. The van der Waals surface area contributed by atoms with Crippen molar-refractivity contribution in [2.45, 2.75) is 24.7 Å². The van der Waals surface area contributed by atoms with Gasteiger partial charge in [-0.15, -0.1) is 0 Å². The first kappa shape index (κ1) is 9.40. The minimum absolute atomic E-state index is 0.242. The molecule has 1 aromatic carbocycles. The molecule has 1 unspecified atom stereocenters. The van der Waals surface area contributed by atoms with Crippen molar-refractivity contribution in [1.29, 1.82) is 0 Å². The Morgan fingerprint density at radius 2 is 2.07 bits per heavy atom. The molecule has 0 fully saturated rings. The van der Waals surface area contributed by atoms with Gasteiger partial charge in [-0.1, -0.05) is 19.9 Å². The fourth-order valence-electron chi connectivity index (χ4n) is 1.43. The van der Waals surface area contributed by atoms with E-state index in [4.69, 9.17) is 0 Å². The van der Waals surface area contributed by atoms with Crippen LogP contribution in [0, 0.1) is 0 Å². The SMILES string of the molecule is CC(C)c1ccc2c(c1)S(=O)NC2=O. The summed E-state index contributed by atoms with van der Waals surface area (Å²) in [6, 6.07) is 5.49. The van der Waals surface area contributed by atoms with Gasteiger partial charge in [-0.3, -0.25) is 9.52 Å². The number of hydrogen-bond donors (Lipinski definition) is 1. The fourth-order valence-corrected chi connectivity index (χ4v) is 2.43. The molecule has 1 amide bonds. The highest BCUT2D eigenvalue weighted by Gasteiger charge is 2.25. The van der Waals surface area contributed by atoms with Crippen molar-refractivity contribution < 1.29 is 9.00 Å². The predicted molar refractivity (Wildman–Crippen MR) is 54.4 cm³/mol. The van der Waals surface area contributed by atoms with E-state index in [0.29, 0.717) is 16.4 Å². The Morgan fingerprint density at radius 3 is 2.71 bits per heavy atom. The van der Waals surface area contributed by atoms with Gasteiger partial charge in [0, 0.05) is 0 Å². The van der Waals surface area contributed by atoms with E-state index in [0.717, 1.165) is 5.56 Å². The molecule has 1 aromatic rings.